The van der Waals surface area contributed by atoms with Gasteiger partial charge in [0, 0.05) is 11.1 Å². The predicted molar refractivity (Wildman–Crippen MR) is 79.2 cm³/mol. The third kappa shape index (κ3) is 7.77. The molecule has 4 nitrogen and oxygen atoms in total. The maximum absolute atomic E-state index is 11.5. The van der Waals surface area contributed by atoms with E-state index in [0.717, 1.165) is 24.8 Å². The maximum Gasteiger partial charge on any atom is 0.333 e. The number of hydrogen-bond donors (Lipinski definition) is 0. The van der Waals surface area contributed by atoms with Crippen LogP contribution < -0.4 is 0 Å². The minimum Gasteiger partial charge on any atom is -0.462 e. The summed E-state index contributed by atoms with van der Waals surface area (Å²) in [6, 6.07) is 0. The molecule has 0 aliphatic carbocycles. The Kier molecular flexibility index (Phi) is 9.43. The van der Waals surface area contributed by atoms with E-state index in [4.69, 9.17) is 9.47 Å². The SMILES string of the molecule is CC=C(C)C(=O)OCCCCCOC(=O)C(C)=C(C)C. The van der Waals surface area contributed by atoms with Crippen LogP contribution in [0.25, 0.3) is 0 Å². The minimum atomic E-state index is -0.266. The van der Waals surface area contributed by atoms with Gasteiger partial charge in [-0.2, -0.15) is 0 Å². The highest BCUT2D eigenvalue weighted by Crippen LogP contribution is 2.06. The molecule has 0 atom stereocenters. The van der Waals surface area contributed by atoms with Crippen molar-refractivity contribution in [2.24, 2.45) is 0 Å². The van der Waals surface area contributed by atoms with E-state index < -0.39 is 0 Å². The van der Waals surface area contributed by atoms with Gasteiger partial charge in [0.25, 0.3) is 0 Å². The topological polar surface area (TPSA) is 52.6 Å². The summed E-state index contributed by atoms with van der Waals surface area (Å²) in [5, 5.41) is 0. The molecule has 0 aromatic rings. The smallest absolute Gasteiger partial charge is 0.333 e. The molecule has 0 spiro atoms. The summed E-state index contributed by atoms with van der Waals surface area (Å²) >= 11 is 0. The number of unbranched alkanes of at least 4 members (excludes halogenated alkanes) is 2. The van der Waals surface area contributed by atoms with Crippen LogP contribution in [-0.4, -0.2) is 25.2 Å². The number of esters is 2. The second kappa shape index (κ2) is 10.2. The van der Waals surface area contributed by atoms with Crippen molar-refractivity contribution in [3.8, 4) is 0 Å². The third-order valence-electron chi connectivity index (χ3n) is 3.07. The van der Waals surface area contributed by atoms with E-state index in [-0.39, 0.29) is 11.9 Å². The molecule has 0 amide bonds. The van der Waals surface area contributed by atoms with Crippen LogP contribution in [0.5, 0.6) is 0 Å². The molecular weight excluding hydrogens is 256 g/mol. The highest BCUT2D eigenvalue weighted by atomic mass is 16.5. The summed E-state index contributed by atoms with van der Waals surface area (Å²) in [5.41, 5.74) is 2.26. The van der Waals surface area contributed by atoms with Crippen LogP contribution in [0, 0.1) is 0 Å². The number of rotatable bonds is 8. The molecule has 0 unspecified atom stereocenters. The molecule has 0 saturated heterocycles. The molecule has 4 heteroatoms. The first-order valence-electron chi connectivity index (χ1n) is 7.01. The third-order valence-corrected chi connectivity index (χ3v) is 3.07. The monoisotopic (exact) mass is 282 g/mol. The lowest BCUT2D eigenvalue weighted by Crippen LogP contribution is -2.09. The lowest BCUT2D eigenvalue weighted by atomic mass is 10.2. The van der Waals surface area contributed by atoms with Crippen LogP contribution in [0.4, 0.5) is 0 Å². The maximum atomic E-state index is 11.5. The molecule has 0 N–H and O–H groups in total. The molecule has 0 bridgehead atoms. The number of carbonyl (C=O) groups is 2. The molecule has 114 valence electrons. The van der Waals surface area contributed by atoms with Crippen molar-refractivity contribution < 1.29 is 19.1 Å². The average Bonchev–Trinajstić information content (AvgIpc) is 2.43. The van der Waals surface area contributed by atoms with Gasteiger partial charge in [-0.25, -0.2) is 9.59 Å². The Balaban J connectivity index is 3.63. The van der Waals surface area contributed by atoms with E-state index in [1.165, 1.54) is 0 Å². The van der Waals surface area contributed by atoms with Crippen LogP contribution in [0.1, 0.15) is 53.9 Å². The van der Waals surface area contributed by atoms with Crippen molar-refractivity contribution in [3.63, 3.8) is 0 Å². The molecule has 0 heterocycles. The van der Waals surface area contributed by atoms with Crippen molar-refractivity contribution in [2.45, 2.75) is 53.9 Å². The van der Waals surface area contributed by atoms with E-state index in [0.29, 0.717) is 24.4 Å². The molecule has 0 saturated carbocycles. The fourth-order valence-electron chi connectivity index (χ4n) is 1.25. The zero-order valence-corrected chi connectivity index (χ0v) is 13.2. The number of ether oxygens (including phenoxy) is 2. The lowest BCUT2D eigenvalue weighted by Gasteiger charge is -2.07. The standard InChI is InChI=1S/C16H26O4/c1-6-13(4)15(17)19-10-8-7-9-11-20-16(18)14(5)12(2)3/h6H,7-11H2,1-5H3. The summed E-state index contributed by atoms with van der Waals surface area (Å²) in [7, 11) is 0. The summed E-state index contributed by atoms with van der Waals surface area (Å²) < 4.78 is 10.2. The number of carbonyl (C=O) groups excluding carboxylic acids is 2. The molecule has 0 fully saturated rings. The van der Waals surface area contributed by atoms with Crippen LogP contribution in [-0.2, 0) is 19.1 Å². The quantitative estimate of drug-likeness (QED) is 0.388. The van der Waals surface area contributed by atoms with Gasteiger partial charge in [0.05, 0.1) is 13.2 Å². The Hall–Kier alpha value is -1.58. The Morgan fingerprint density at radius 3 is 1.80 bits per heavy atom. The molecule has 20 heavy (non-hydrogen) atoms. The van der Waals surface area contributed by atoms with E-state index in [2.05, 4.69) is 0 Å². The van der Waals surface area contributed by atoms with Crippen molar-refractivity contribution in [1.82, 2.24) is 0 Å². The van der Waals surface area contributed by atoms with Gasteiger partial charge in [0.2, 0.25) is 0 Å². The zero-order valence-electron chi connectivity index (χ0n) is 13.2. The average molecular weight is 282 g/mol. The van der Waals surface area contributed by atoms with Crippen LogP contribution in [0.15, 0.2) is 22.8 Å². The summed E-state index contributed by atoms with van der Waals surface area (Å²) in [5.74, 6) is -0.516. The van der Waals surface area contributed by atoms with Gasteiger partial charge >= 0.3 is 11.9 Å². The minimum absolute atomic E-state index is 0.250. The first kappa shape index (κ1) is 18.4. The fraction of sp³-hybridized carbons (Fsp3) is 0.625. The summed E-state index contributed by atoms with van der Waals surface area (Å²) in [6.45, 7) is 9.89. The molecular formula is C16H26O4. The van der Waals surface area contributed by atoms with E-state index >= 15 is 0 Å². The second-order valence-corrected chi connectivity index (χ2v) is 4.93. The van der Waals surface area contributed by atoms with E-state index in [1.54, 1.807) is 26.8 Å². The molecule has 0 aliphatic rings. The van der Waals surface area contributed by atoms with Crippen molar-refractivity contribution in [3.05, 3.63) is 22.8 Å². The Morgan fingerprint density at radius 1 is 0.850 bits per heavy atom. The van der Waals surface area contributed by atoms with Crippen LogP contribution in [0.3, 0.4) is 0 Å². The molecule has 0 aromatic carbocycles. The normalized spacial score (nSPS) is 10.9. The highest BCUT2D eigenvalue weighted by molar-refractivity contribution is 5.88. The van der Waals surface area contributed by atoms with Gasteiger partial charge < -0.3 is 9.47 Å². The lowest BCUT2D eigenvalue weighted by molar-refractivity contribution is -0.139. The summed E-state index contributed by atoms with van der Waals surface area (Å²) in [6.07, 6.45) is 4.15. The molecule has 0 aromatic heterocycles. The largest absolute Gasteiger partial charge is 0.462 e. The first-order valence-corrected chi connectivity index (χ1v) is 7.01. The Morgan fingerprint density at radius 2 is 1.35 bits per heavy atom. The summed E-state index contributed by atoms with van der Waals surface area (Å²) in [4.78, 5) is 22.8. The fourth-order valence-corrected chi connectivity index (χ4v) is 1.25. The van der Waals surface area contributed by atoms with Crippen molar-refractivity contribution in [1.29, 1.82) is 0 Å². The van der Waals surface area contributed by atoms with Gasteiger partial charge in [-0.3, -0.25) is 0 Å². The first-order chi connectivity index (χ1) is 9.40. The zero-order chi connectivity index (χ0) is 15.5. The van der Waals surface area contributed by atoms with E-state index in [9.17, 15) is 9.59 Å². The highest BCUT2D eigenvalue weighted by Gasteiger charge is 2.07. The van der Waals surface area contributed by atoms with Crippen molar-refractivity contribution in [2.75, 3.05) is 13.2 Å². The molecule has 0 aliphatic heterocycles. The Labute approximate surface area is 121 Å². The number of hydrogen-bond acceptors (Lipinski definition) is 4. The van der Waals surface area contributed by atoms with Gasteiger partial charge in [0.15, 0.2) is 0 Å². The number of allylic oxidation sites excluding steroid dienone is 2. The van der Waals surface area contributed by atoms with Gasteiger partial charge in [-0.1, -0.05) is 11.6 Å². The second-order valence-electron chi connectivity index (χ2n) is 4.93. The van der Waals surface area contributed by atoms with Gasteiger partial charge in [-0.15, -0.1) is 0 Å². The molecule has 0 rings (SSSR count). The van der Waals surface area contributed by atoms with Crippen molar-refractivity contribution >= 4 is 11.9 Å². The van der Waals surface area contributed by atoms with Gasteiger partial charge in [-0.05, 0) is 53.9 Å². The Bertz CT molecular complexity index is 387. The predicted octanol–water partition coefficient (Wildman–Crippen LogP) is 3.57. The molecule has 0 radical (unpaired) electrons. The van der Waals surface area contributed by atoms with Crippen LogP contribution >= 0.6 is 0 Å². The van der Waals surface area contributed by atoms with Gasteiger partial charge in [0.1, 0.15) is 0 Å². The van der Waals surface area contributed by atoms with E-state index in [1.807, 2.05) is 13.8 Å². The van der Waals surface area contributed by atoms with Crippen LogP contribution in [0.2, 0.25) is 0 Å².